The van der Waals surface area contributed by atoms with Crippen molar-refractivity contribution in [3.05, 3.63) is 54.5 Å². The molecule has 0 aliphatic heterocycles. The number of nitrogens with zero attached hydrogens (tertiary/aromatic N) is 4. The zero-order valence-electron chi connectivity index (χ0n) is 15.9. The molecule has 3 aromatic rings. The van der Waals surface area contributed by atoms with E-state index in [-0.39, 0.29) is 27.8 Å². The molecular formula is C18H17N7O4S. The second-order valence-electron chi connectivity index (χ2n) is 5.72. The number of nitriles is 1. The maximum Gasteiger partial charge on any atom is 0.265 e. The van der Waals surface area contributed by atoms with E-state index in [0.717, 1.165) is 0 Å². The number of sulfonamides is 1. The summed E-state index contributed by atoms with van der Waals surface area (Å²) in [6.45, 7) is 0. The van der Waals surface area contributed by atoms with Crippen LogP contribution < -0.4 is 19.5 Å². The van der Waals surface area contributed by atoms with Crippen LogP contribution in [0, 0.1) is 11.3 Å². The lowest BCUT2D eigenvalue weighted by Gasteiger charge is -2.16. The monoisotopic (exact) mass is 427 g/mol. The summed E-state index contributed by atoms with van der Waals surface area (Å²) in [5.41, 5.74) is 0.874. The van der Waals surface area contributed by atoms with E-state index < -0.39 is 10.0 Å². The molecule has 0 amide bonds. The summed E-state index contributed by atoms with van der Waals surface area (Å²) in [6, 6.07) is 13.2. The number of para-hydroxylation sites is 1. The van der Waals surface area contributed by atoms with Crippen molar-refractivity contribution in [2.75, 3.05) is 24.3 Å². The summed E-state index contributed by atoms with van der Waals surface area (Å²) < 4.78 is 38.8. The first-order valence-electron chi connectivity index (χ1n) is 8.43. The molecule has 0 fully saturated rings. The number of benzene rings is 2. The largest absolute Gasteiger partial charge is 0.495 e. The van der Waals surface area contributed by atoms with Crippen molar-refractivity contribution in [2.24, 2.45) is 0 Å². The van der Waals surface area contributed by atoms with Gasteiger partial charge in [0, 0.05) is 24.0 Å². The van der Waals surface area contributed by atoms with Crippen LogP contribution in [0.5, 0.6) is 11.5 Å². The van der Waals surface area contributed by atoms with Crippen LogP contribution in [0.25, 0.3) is 5.57 Å². The third-order valence-electron chi connectivity index (χ3n) is 3.88. The van der Waals surface area contributed by atoms with Crippen molar-refractivity contribution < 1.29 is 17.9 Å². The standard InChI is InChI=1S/C18H17N7O4S/c1-28-15-9-17(30(26,27)23-13-6-4-3-5-7-13)16(29-2)8-14(15)20-11-12(10-19)18-21-24-25-22-18/h3-9,11,20,23H,1-2H3,(H,21,22,24,25). The van der Waals surface area contributed by atoms with Crippen LogP contribution in [0.1, 0.15) is 5.82 Å². The Balaban J connectivity index is 1.97. The Morgan fingerprint density at radius 3 is 2.50 bits per heavy atom. The van der Waals surface area contributed by atoms with Crippen LogP contribution in [0.15, 0.2) is 53.6 Å². The minimum absolute atomic E-state index is 0.0770. The Morgan fingerprint density at radius 2 is 1.90 bits per heavy atom. The van der Waals surface area contributed by atoms with Gasteiger partial charge in [0.1, 0.15) is 28.0 Å². The van der Waals surface area contributed by atoms with E-state index in [1.165, 1.54) is 32.6 Å². The molecule has 30 heavy (non-hydrogen) atoms. The minimum atomic E-state index is -3.96. The number of anilines is 2. The topological polar surface area (TPSA) is 155 Å². The molecule has 0 aliphatic rings. The molecule has 3 N–H and O–H groups in total. The third-order valence-corrected chi connectivity index (χ3v) is 5.28. The average molecular weight is 427 g/mol. The van der Waals surface area contributed by atoms with Gasteiger partial charge < -0.3 is 14.8 Å². The van der Waals surface area contributed by atoms with Crippen LogP contribution in [0.2, 0.25) is 0 Å². The number of allylic oxidation sites excluding steroid dienone is 1. The highest BCUT2D eigenvalue weighted by atomic mass is 32.2. The molecule has 1 heterocycles. The summed E-state index contributed by atoms with van der Waals surface area (Å²) in [5.74, 6) is 0.390. The SMILES string of the molecule is COc1cc(S(=O)(=O)Nc2ccccc2)c(OC)cc1NC=C(C#N)c1nn[nH]n1. The van der Waals surface area contributed by atoms with E-state index in [9.17, 15) is 13.7 Å². The Hall–Kier alpha value is -4.11. The molecule has 0 saturated heterocycles. The van der Waals surface area contributed by atoms with E-state index in [1.54, 1.807) is 30.3 Å². The highest BCUT2D eigenvalue weighted by molar-refractivity contribution is 7.92. The summed E-state index contributed by atoms with van der Waals surface area (Å²) in [6.07, 6.45) is 1.35. The fraction of sp³-hybridized carbons (Fsp3) is 0.111. The van der Waals surface area contributed by atoms with Gasteiger partial charge in [-0.05, 0) is 17.3 Å². The maximum atomic E-state index is 12.9. The number of H-pyrrole nitrogens is 1. The number of methoxy groups -OCH3 is 2. The van der Waals surface area contributed by atoms with E-state index in [0.29, 0.717) is 11.4 Å². The normalized spacial score (nSPS) is 11.4. The van der Waals surface area contributed by atoms with Crippen molar-refractivity contribution in [1.82, 2.24) is 20.6 Å². The van der Waals surface area contributed by atoms with E-state index in [4.69, 9.17) is 9.47 Å². The van der Waals surface area contributed by atoms with Gasteiger partial charge in [-0.25, -0.2) is 8.42 Å². The molecular weight excluding hydrogens is 410 g/mol. The molecule has 12 heteroatoms. The molecule has 2 aromatic carbocycles. The fourth-order valence-corrected chi connectivity index (χ4v) is 3.71. The molecule has 154 valence electrons. The second kappa shape index (κ2) is 8.93. The van der Waals surface area contributed by atoms with Crippen molar-refractivity contribution in [3.8, 4) is 17.6 Å². The average Bonchev–Trinajstić information content (AvgIpc) is 3.28. The molecule has 0 saturated carbocycles. The second-order valence-corrected chi connectivity index (χ2v) is 7.38. The number of nitrogens with one attached hydrogen (secondary N) is 3. The van der Waals surface area contributed by atoms with Gasteiger partial charge in [0.2, 0.25) is 5.82 Å². The number of hydrogen-bond acceptors (Lipinski definition) is 9. The molecule has 0 aliphatic carbocycles. The van der Waals surface area contributed by atoms with E-state index in [2.05, 4.69) is 30.7 Å². The zero-order valence-corrected chi connectivity index (χ0v) is 16.8. The first-order valence-corrected chi connectivity index (χ1v) is 9.91. The summed E-state index contributed by atoms with van der Waals surface area (Å²) >= 11 is 0. The van der Waals surface area contributed by atoms with Gasteiger partial charge in [0.05, 0.1) is 19.9 Å². The lowest BCUT2D eigenvalue weighted by Crippen LogP contribution is -2.14. The van der Waals surface area contributed by atoms with Crippen LogP contribution in [0.4, 0.5) is 11.4 Å². The molecule has 0 atom stereocenters. The number of ether oxygens (including phenoxy) is 2. The minimum Gasteiger partial charge on any atom is -0.495 e. The summed E-state index contributed by atoms with van der Waals surface area (Å²) in [5, 5.41) is 25.3. The predicted octanol–water partition coefficient (Wildman–Crippen LogP) is 1.99. The van der Waals surface area contributed by atoms with Crippen LogP contribution in [-0.2, 0) is 10.0 Å². The number of tetrazole rings is 1. The predicted molar refractivity (Wildman–Crippen MR) is 108 cm³/mol. The smallest absolute Gasteiger partial charge is 0.265 e. The van der Waals surface area contributed by atoms with Gasteiger partial charge >= 0.3 is 0 Å². The van der Waals surface area contributed by atoms with Gasteiger partial charge in [0.15, 0.2) is 0 Å². The third kappa shape index (κ3) is 4.47. The quantitative estimate of drug-likeness (QED) is 0.458. The first kappa shape index (κ1) is 20.6. The lowest BCUT2D eigenvalue weighted by molar-refractivity contribution is 0.394. The number of rotatable bonds is 8. The van der Waals surface area contributed by atoms with Crippen molar-refractivity contribution in [1.29, 1.82) is 5.26 Å². The number of aromatic amines is 1. The summed E-state index contributed by atoms with van der Waals surface area (Å²) in [4.78, 5) is -0.112. The Bertz CT molecular complexity index is 1190. The Morgan fingerprint density at radius 1 is 1.17 bits per heavy atom. The number of hydrogen-bond donors (Lipinski definition) is 3. The molecule has 3 rings (SSSR count). The fourth-order valence-electron chi connectivity index (χ4n) is 2.48. The lowest BCUT2D eigenvalue weighted by atomic mass is 10.2. The van der Waals surface area contributed by atoms with Crippen molar-refractivity contribution >= 4 is 27.0 Å². The number of aromatic nitrogens is 4. The van der Waals surface area contributed by atoms with E-state index >= 15 is 0 Å². The molecule has 1 aromatic heterocycles. The van der Waals surface area contributed by atoms with Crippen molar-refractivity contribution in [3.63, 3.8) is 0 Å². The Labute approximate surface area is 172 Å². The summed E-state index contributed by atoms with van der Waals surface area (Å²) in [7, 11) is -1.22. The van der Waals surface area contributed by atoms with Gasteiger partial charge in [-0.15, -0.1) is 10.2 Å². The molecule has 0 unspecified atom stereocenters. The Kier molecular flexibility index (Phi) is 6.14. The van der Waals surface area contributed by atoms with Crippen molar-refractivity contribution in [2.45, 2.75) is 4.90 Å². The van der Waals surface area contributed by atoms with Gasteiger partial charge in [0.25, 0.3) is 10.0 Å². The highest BCUT2D eigenvalue weighted by Gasteiger charge is 2.23. The highest BCUT2D eigenvalue weighted by Crippen LogP contribution is 2.36. The van der Waals surface area contributed by atoms with Gasteiger partial charge in [-0.3, -0.25) is 4.72 Å². The van der Waals surface area contributed by atoms with Crippen LogP contribution in [-0.4, -0.2) is 43.3 Å². The van der Waals surface area contributed by atoms with Gasteiger partial charge in [-0.1, -0.05) is 18.2 Å². The molecule has 0 spiro atoms. The molecule has 11 nitrogen and oxygen atoms in total. The van der Waals surface area contributed by atoms with Gasteiger partial charge in [-0.2, -0.15) is 10.5 Å². The first-order chi connectivity index (χ1) is 14.5. The zero-order chi connectivity index (χ0) is 21.6. The molecule has 0 radical (unpaired) electrons. The molecule has 0 bridgehead atoms. The van der Waals surface area contributed by atoms with Crippen LogP contribution in [0.3, 0.4) is 0 Å². The van der Waals surface area contributed by atoms with E-state index in [1.807, 2.05) is 6.07 Å². The maximum absolute atomic E-state index is 12.9. The van der Waals surface area contributed by atoms with Crippen LogP contribution >= 0.6 is 0 Å².